The van der Waals surface area contributed by atoms with Crippen molar-refractivity contribution < 1.29 is 8.78 Å². The third-order valence-corrected chi connectivity index (χ3v) is 3.01. The third kappa shape index (κ3) is 2.59. The molecule has 0 amide bonds. The molecule has 0 aliphatic carbocycles. The molecule has 0 spiro atoms. The van der Waals surface area contributed by atoms with Crippen LogP contribution in [0.2, 0.25) is 10.0 Å². The summed E-state index contributed by atoms with van der Waals surface area (Å²) in [7, 11) is 0. The molecular formula is C13H8Cl2F2. The molecular weight excluding hydrogens is 265 g/mol. The lowest BCUT2D eigenvalue weighted by atomic mass is 10.00. The van der Waals surface area contributed by atoms with Crippen LogP contribution in [0.15, 0.2) is 42.5 Å². The van der Waals surface area contributed by atoms with Crippen LogP contribution in [0.1, 0.15) is 12.0 Å². The number of hydrogen-bond donors (Lipinski definition) is 0. The highest BCUT2D eigenvalue weighted by Gasteiger charge is 2.17. The van der Waals surface area contributed by atoms with E-state index in [0.29, 0.717) is 16.1 Å². The van der Waals surface area contributed by atoms with Gasteiger partial charge in [-0.25, -0.2) is 8.78 Å². The van der Waals surface area contributed by atoms with Gasteiger partial charge in [0.1, 0.15) is 0 Å². The Balaban J connectivity index is 2.59. The summed E-state index contributed by atoms with van der Waals surface area (Å²) in [6.45, 7) is 0. The highest BCUT2D eigenvalue weighted by Crippen LogP contribution is 2.36. The molecule has 0 N–H and O–H groups in total. The van der Waals surface area contributed by atoms with Crippen molar-refractivity contribution in [1.82, 2.24) is 0 Å². The maximum Gasteiger partial charge on any atom is 0.265 e. The first-order valence-corrected chi connectivity index (χ1v) is 5.67. The summed E-state index contributed by atoms with van der Waals surface area (Å²) < 4.78 is 25.9. The maximum atomic E-state index is 12.9. The molecule has 2 aromatic carbocycles. The van der Waals surface area contributed by atoms with Gasteiger partial charge in [-0.05, 0) is 29.3 Å². The van der Waals surface area contributed by atoms with Gasteiger partial charge in [0.05, 0.1) is 5.02 Å². The molecule has 2 rings (SSSR count). The first-order valence-electron chi connectivity index (χ1n) is 4.92. The second kappa shape index (κ2) is 5.03. The Morgan fingerprint density at radius 1 is 0.882 bits per heavy atom. The minimum absolute atomic E-state index is 0.0763. The van der Waals surface area contributed by atoms with Crippen molar-refractivity contribution in [1.29, 1.82) is 0 Å². The molecule has 0 aromatic heterocycles. The lowest BCUT2D eigenvalue weighted by Gasteiger charge is -2.10. The van der Waals surface area contributed by atoms with Crippen molar-refractivity contribution in [3.8, 4) is 11.1 Å². The highest BCUT2D eigenvalue weighted by atomic mass is 35.5. The van der Waals surface area contributed by atoms with Gasteiger partial charge in [-0.15, -0.1) is 0 Å². The van der Waals surface area contributed by atoms with Crippen molar-refractivity contribution in [3.05, 3.63) is 58.1 Å². The van der Waals surface area contributed by atoms with Crippen molar-refractivity contribution in [2.75, 3.05) is 0 Å². The SMILES string of the molecule is FC(F)c1c(Cl)cccc1-c1ccc(Cl)cc1. The Morgan fingerprint density at radius 2 is 1.53 bits per heavy atom. The molecule has 0 heterocycles. The first kappa shape index (κ1) is 12.3. The first-order chi connectivity index (χ1) is 8.09. The lowest BCUT2D eigenvalue weighted by Crippen LogP contribution is -1.91. The normalized spacial score (nSPS) is 10.9. The third-order valence-electron chi connectivity index (χ3n) is 2.43. The number of alkyl halides is 2. The number of benzene rings is 2. The lowest BCUT2D eigenvalue weighted by molar-refractivity contribution is 0.152. The van der Waals surface area contributed by atoms with E-state index in [2.05, 4.69) is 0 Å². The van der Waals surface area contributed by atoms with Gasteiger partial charge in [-0.1, -0.05) is 47.5 Å². The predicted molar refractivity (Wildman–Crippen MR) is 66.9 cm³/mol. The number of halogens is 4. The summed E-state index contributed by atoms with van der Waals surface area (Å²) in [4.78, 5) is 0. The van der Waals surface area contributed by atoms with E-state index in [-0.39, 0.29) is 10.6 Å². The summed E-state index contributed by atoms with van der Waals surface area (Å²) in [5.74, 6) is 0. The van der Waals surface area contributed by atoms with Crippen LogP contribution in [0.5, 0.6) is 0 Å². The minimum atomic E-state index is -2.60. The molecule has 17 heavy (non-hydrogen) atoms. The second-order valence-corrected chi connectivity index (χ2v) is 4.35. The van der Waals surface area contributed by atoms with Crippen LogP contribution < -0.4 is 0 Å². The van der Waals surface area contributed by atoms with Gasteiger partial charge < -0.3 is 0 Å². The van der Waals surface area contributed by atoms with Gasteiger partial charge in [0.15, 0.2) is 0 Å². The monoisotopic (exact) mass is 272 g/mol. The average Bonchev–Trinajstić information content (AvgIpc) is 2.29. The van der Waals surface area contributed by atoms with Crippen LogP contribution in [-0.2, 0) is 0 Å². The fourth-order valence-corrected chi connectivity index (χ4v) is 2.02. The molecule has 0 radical (unpaired) electrons. The molecule has 0 atom stereocenters. The zero-order valence-electron chi connectivity index (χ0n) is 8.63. The fourth-order valence-electron chi connectivity index (χ4n) is 1.64. The molecule has 0 nitrogen and oxygen atoms in total. The fraction of sp³-hybridized carbons (Fsp3) is 0.0769. The van der Waals surface area contributed by atoms with Gasteiger partial charge in [-0.2, -0.15) is 0 Å². The van der Waals surface area contributed by atoms with Crippen LogP contribution in [-0.4, -0.2) is 0 Å². The summed E-state index contributed by atoms with van der Waals surface area (Å²) in [5, 5.41) is 0.641. The van der Waals surface area contributed by atoms with Crippen LogP contribution in [0, 0.1) is 0 Å². The van der Waals surface area contributed by atoms with Gasteiger partial charge >= 0.3 is 0 Å². The number of rotatable bonds is 2. The molecule has 4 heteroatoms. The Hall–Kier alpha value is -1.12. The van der Waals surface area contributed by atoms with Gasteiger partial charge in [0, 0.05) is 10.6 Å². The van der Waals surface area contributed by atoms with Crippen LogP contribution >= 0.6 is 23.2 Å². The molecule has 2 aromatic rings. The van der Waals surface area contributed by atoms with Crippen LogP contribution in [0.25, 0.3) is 11.1 Å². The van der Waals surface area contributed by atoms with Crippen LogP contribution in [0.3, 0.4) is 0 Å². The molecule has 88 valence electrons. The Labute approximate surface area is 108 Å². The zero-order chi connectivity index (χ0) is 12.4. The maximum absolute atomic E-state index is 12.9. The van der Waals surface area contributed by atoms with E-state index in [1.807, 2.05) is 0 Å². The zero-order valence-corrected chi connectivity index (χ0v) is 10.1. The standard InChI is InChI=1S/C13H8Cl2F2/c14-9-6-4-8(5-7-9)10-2-1-3-11(15)12(10)13(16)17/h1-7,13H. The quantitative estimate of drug-likeness (QED) is 0.668. The minimum Gasteiger partial charge on any atom is -0.205 e. The van der Waals surface area contributed by atoms with E-state index in [0.717, 1.165) is 0 Å². The largest absolute Gasteiger partial charge is 0.265 e. The van der Waals surface area contributed by atoms with E-state index in [1.54, 1.807) is 36.4 Å². The number of hydrogen-bond acceptors (Lipinski definition) is 0. The second-order valence-electron chi connectivity index (χ2n) is 3.51. The molecule has 0 aliphatic rings. The molecule has 0 fully saturated rings. The summed E-state index contributed by atoms with van der Waals surface area (Å²) in [6.07, 6.45) is -2.60. The van der Waals surface area contributed by atoms with E-state index in [4.69, 9.17) is 23.2 Å². The molecule has 0 bridgehead atoms. The van der Waals surface area contributed by atoms with E-state index >= 15 is 0 Å². The van der Waals surface area contributed by atoms with E-state index in [1.165, 1.54) is 6.07 Å². The Bertz CT molecular complexity index is 521. The van der Waals surface area contributed by atoms with Crippen molar-refractivity contribution >= 4 is 23.2 Å². The van der Waals surface area contributed by atoms with Crippen molar-refractivity contribution in [3.63, 3.8) is 0 Å². The van der Waals surface area contributed by atoms with Gasteiger partial charge in [0.25, 0.3) is 6.43 Å². The molecule has 0 saturated carbocycles. The Kier molecular flexibility index (Phi) is 3.65. The highest BCUT2D eigenvalue weighted by molar-refractivity contribution is 6.32. The molecule has 0 unspecified atom stereocenters. The summed E-state index contributed by atoms with van der Waals surface area (Å²) in [5.41, 5.74) is 0.966. The van der Waals surface area contributed by atoms with Crippen molar-refractivity contribution in [2.45, 2.75) is 6.43 Å². The smallest absolute Gasteiger partial charge is 0.205 e. The van der Waals surface area contributed by atoms with E-state index in [9.17, 15) is 8.78 Å². The van der Waals surface area contributed by atoms with Gasteiger partial charge in [0.2, 0.25) is 0 Å². The topological polar surface area (TPSA) is 0 Å². The van der Waals surface area contributed by atoms with E-state index < -0.39 is 6.43 Å². The van der Waals surface area contributed by atoms with Gasteiger partial charge in [-0.3, -0.25) is 0 Å². The van der Waals surface area contributed by atoms with Crippen molar-refractivity contribution in [2.24, 2.45) is 0 Å². The molecule has 0 aliphatic heterocycles. The van der Waals surface area contributed by atoms with Crippen LogP contribution in [0.4, 0.5) is 8.78 Å². The predicted octanol–water partition coefficient (Wildman–Crippen LogP) is 5.60. The summed E-state index contributed by atoms with van der Waals surface area (Å²) in [6, 6.07) is 11.4. The molecule has 0 saturated heterocycles. The average molecular weight is 273 g/mol. The summed E-state index contributed by atoms with van der Waals surface area (Å²) >= 11 is 11.6. The Morgan fingerprint density at radius 3 is 2.12 bits per heavy atom.